The Hall–Kier alpha value is -3.68. The van der Waals surface area contributed by atoms with E-state index in [2.05, 4.69) is 25.4 Å². The second-order valence-electron chi connectivity index (χ2n) is 6.23. The number of benzene rings is 1. The Morgan fingerprint density at radius 1 is 1.21 bits per heavy atom. The molecule has 140 valence electrons. The number of carbonyl (C=O) groups excluding carboxylic acids is 1. The van der Waals surface area contributed by atoms with Crippen molar-refractivity contribution in [1.29, 1.82) is 0 Å². The molecule has 3 aromatic heterocycles. The first-order valence-corrected chi connectivity index (χ1v) is 8.68. The summed E-state index contributed by atoms with van der Waals surface area (Å²) in [5, 5.41) is 7.35. The van der Waals surface area contributed by atoms with Crippen molar-refractivity contribution in [1.82, 2.24) is 25.4 Å². The first-order chi connectivity index (χ1) is 13.6. The first kappa shape index (κ1) is 17.7. The minimum Gasteiger partial charge on any atom is -0.351 e. The van der Waals surface area contributed by atoms with Crippen LogP contribution >= 0.6 is 0 Å². The third-order valence-corrected chi connectivity index (χ3v) is 4.16. The van der Waals surface area contributed by atoms with Crippen molar-refractivity contribution < 1.29 is 13.7 Å². The van der Waals surface area contributed by atoms with E-state index in [9.17, 15) is 9.18 Å². The summed E-state index contributed by atoms with van der Waals surface area (Å²) in [4.78, 5) is 25.2. The molecule has 0 saturated heterocycles. The number of hydrogen-bond acceptors (Lipinski definition) is 6. The van der Waals surface area contributed by atoms with Crippen molar-refractivity contribution >= 4 is 16.8 Å². The Morgan fingerprint density at radius 2 is 2.11 bits per heavy atom. The molecule has 0 bridgehead atoms. The molecule has 4 aromatic rings. The molecule has 1 N–H and O–H groups in total. The topological polar surface area (TPSA) is 93.8 Å². The van der Waals surface area contributed by atoms with Crippen LogP contribution in [0.25, 0.3) is 22.3 Å². The summed E-state index contributed by atoms with van der Waals surface area (Å²) in [6.45, 7) is 2.08. The predicted molar refractivity (Wildman–Crippen MR) is 100 cm³/mol. The third kappa shape index (κ3) is 3.71. The molecule has 28 heavy (non-hydrogen) atoms. The van der Waals surface area contributed by atoms with Crippen molar-refractivity contribution in [3.63, 3.8) is 0 Å². The lowest BCUT2D eigenvalue weighted by Gasteiger charge is -2.08. The van der Waals surface area contributed by atoms with E-state index in [-0.39, 0.29) is 5.91 Å². The van der Waals surface area contributed by atoms with Gasteiger partial charge in [0.05, 0.1) is 11.1 Å². The van der Waals surface area contributed by atoms with E-state index in [0.29, 0.717) is 46.8 Å². The summed E-state index contributed by atoms with van der Waals surface area (Å²) in [6.07, 6.45) is 3.70. The SMILES string of the molecule is Cc1cc(C(=O)NCCc2nc(-c3cccnc3)no2)c2ccc(F)cc2n1. The molecule has 3 heterocycles. The zero-order valence-corrected chi connectivity index (χ0v) is 15.0. The molecule has 0 unspecified atom stereocenters. The van der Waals surface area contributed by atoms with E-state index in [0.717, 1.165) is 5.56 Å². The number of aryl methyl sites for hydroxylation is 1. The van der Waals surface area contributed by atoms with Crippen LogP contribution < -0.4 is 5.32 Å². The summed E-state index contributed by atoms with van der Waals surface area (Å²) < 4.78 is 18.7. The van der Waals surface area contributed by atoms with Crippen LogP contribution in [0.15, 0.2) is 53.3 Å². The highest BCUT2D eigenvalue weighted by molar-refractivity contribution is 6.06. The predicted octanol–water partition coefficient (Wildman–Crippen LogP) is 3.10. The lowest BCUT2D eigenvalue weighted by molar-refractivity contribution is 0.0955. The van der Waals surface area contributed by atoms with Gasteiger partial charge in [-0.2, -0.15) is 4.98 Å². The average molecular weight is 377 g/mol. The van der Waals surface area contributed by atoms with Crippen LogP contribution in [0, 0.1) is 12.7 Å². The van der Waals surface area contributed by atoms with Gasteiger partial charge in [0.25, 0.3) is 5.91 Å². The van der Waals surface area contributed by atoms with Gasteiger partial charge < -0.3 is 9.84 Å². The smallest absolute Gasteiger partial charge is 0.252 e. The van der Waals surface area contributed by atoms with E-state index < -0.39 is 5.82 Å². The summed E-state index contributed by atoms with van der Waals surface area (Å²) in [5.41, 5.74) is 2.29. The van der Waals surface area contributed by atoms with Crippen LogP contribution in [-0.2, 0) is 6.42 Å². The highest BCUT2D eigenvalue weighted by Crippen LogP contribution is 2.19. The Morgan fingerprint density at radius 3 is 2.93 bits per heavy atom. The molecular weight excluding hydrogens is 361 g/mol. The standard InChI is InChI=1S/C20H16FN5O2/c1-12-9-16(15-5-4-14(21)10-17(15)24-12)20(27)23-8-6-18-25-19(26-28-18)13-3-2-7-22-11-13/h2-5,7,9-11H,6,8H2,1H3,(H,23,27). The average Bonchev–Trinajstić information content (AvgIpc) is 3.16. The van der Waals surface area contributed by atoms with Crippen molar-refractivity contribution in [3.8, 4) is 11.4 Å². The highest BCUT2D eigenvalue weighted by atomic mass is 19.1. The van der Waals surface area contributed by atoms with Crippen molar-refractivity contribution in [2.24, 2.45) is 0 Å². The van der Waals surface area contributed by atoms with Crippen LogP contribution in [0.3, 0.4) is 0 Å². The molecule has 0 fully saturated rings. The fourth-order valence-corrected chi connectivity index (χ4v) is 2.87. The molecule has 0 aliphatic heterocycles. The zero-order valence-electron chi connectivity index (χ0n) is 15.0. The van der Waals surface area contributed by atoms with Gasteiger partial charge in [-0.3, -0.25) is 14.8 Å². The number of aromatic nitrogens is 4. The maximum Gasteiger partial charge on any atom is 0.252 e. The van der Waals surface area contributed by atoms with E-state index in [4.69, 9.17) is 4.52 Å². The molecular formula is C20H16FN5O2. The fraction of sp³-hybridized carbons (Fsp3) is 0.150. The van der Waals surface area contributed by atoms with Gasteiger partial charge in [-0.05, 0) is 37.3 Å². The molecule has 1 aromatic carbocycles. The van der Waals surface area contributed by atoms with Gasteiger partial charge in [0.1, 0.15) is 5.82 Å². The molecule has 4 rings (SSSR count). The van der Waals surface area contributed by atoms with Crippen molar-refractivity contribution in [3.05, 3.63) is 71.8 Å². The third-order valence-electron chi connectivity index (χ3n) is 4.16. The number of amides is 1. The molecule has 0 aliphatic carbocycles. The summed E-state index contributed by atoms with van der Waals surface area (Å²) in [5.74, 6) is 0.205. The molecule has 0 spiro atoms. The number of nitrogens with zero attached hydrogens (tertiary/aromatic N) is 4. The minimum absolute atomic E-state index is 0.269. The number of hydrogen-bond donors (Lipinski definition) is 1. The van der Waals surface area contributed by atoms with Gasteiger partial charge in [0, 0.05) is 48.1 Å². The molecule has 7 nitrogen and oxygen atoms in total. The van der Waals surface area contributed by atoms with Gasteiger partial charge in [0.2, 0.25) is 11.7 Å². The van der Waals surface area contributed by atoms with Gasteiger partial charge in [-0.15, -0.1) is 0 Å². The number of halogens is 1. The van der Waals surface area contributed by atoms with Crippen LogP contribution in [0.1, 0.15) is 21.9 Å². The van der Waals surface area contributed by atoms with Crippen LogP contribution in [-0.4, -0.2) is 32.6 Å². The second-order valence-corrected chi connectivity index (χ2v) is 6.23. The van der Waals surface area contributed by atoms with E-state index >= 15 is 0 Å². The van der Waals surface area contributed by atoms with Crippen LogP contribution in [0.2, 0.25) is 0 Å². The Bertz CT molecular complexity index is 1140. The number of pyridine rings is 2. The summed E-state index contributed by atoms with van der Waals surface area (Å²) in [7, 11) is 0. The van der Waals surface area contributed by atoms with Gasteiger partial charge in [0.15, 0.2) is 0 Å². The minimum atomic E-state index is -0.391. The van der Waals surface area contributed by atoms with Gasteiger partial charge >= 0.3 is 0 Å². The Balaban J connectivity index is 1.44. The maximum atomic E-state index is 13.4. The fourth-order valence-electron chi connectivity index (χ4n) is 2.87. The monoisotopic (exact) mass is 377 g/mol. The largest absolute Gasteiger partial charge is 0.351 e. The summed E-state index contributed by atoms with van der Waals surface area (Å²) in [6, 6.07) is 9.50. The molecule has 8 heteroatoms. The van der Waals surface area contributed by atoms with Crippen molar-refractivity contribution in [2.75, 3.05) is 6.54 Å². The lowest BCUT2D eigenvalue weighted by Crippen LogP contribution is -2.26. The Kier molecular flexibility index (Phi) is 4.76. The quantitative estimate of drug-likeness (QED) is 0.574. The molecule has 0 aliphatic rings. The molecule has 1 amide bonds. The maximum absolute atomic E-state index is 13.4. The molecule has 0 saturated carbocycles. The number of fused-ring (bicyclic) bond motifs is 1. The van der Waals surface area contributed by atoms with E-state index in [1.807, 2.05) is 6.07 Å². The van der Waals surface area contributed by atoms with Crippen LogP contribution in [0.4, 0.5) is 4.39 Å². The first-order valence-electron chi connectivity index (χ1n) is 8.68. The van der Waals surface area contributed by atoms with Crippen molar-refractivity contribution in [2.45, 2.75) is 13.3 Å². The Labute approximate surface area is 159 Å². The van der Waals surface area contributed by atoms with E-state index in [1.165, 1.54) is 12.1 Å². The van der Waals surface area contributed by atoms with Crippen LogP contribution in [0.5, 0.6) is 0 Å². The molecule has 0 radical (unpaired) electrons. The van der Waals surface area contributed by atoms with Gasteiger partial charge in [-0.25, -0.2) is 4.39 Å². The number of rotatable bonds is 5. The lowest BCUT2D eigenvalue weighted by atomic mass is 10.1. The number of nitrogens with one attached hydrogen (secondary N) is 1. The number of carbonyl (C=O) groups is 1. The zero-order chi connectivity index (χ0) is 19.5. The normalized spacial score (nSPS) is 10.9. The van der Waals surface area contributed by atoms with Gasteiger partial charge in [-0.1, -0.05) is 5.16 Å². The molecule has 0 atom stereocenters. The van der Waals surface area contributed by atoms with E-state index in [1.54, 1.807) is 37.5 Å². The summed E-state index contributed by atoms with van der Waals surface area (Å²) >= 11 is 0. The highest BCUT2D eigenvalue weighted by Gasteiger charge is 2.14. The second kappa shape index (κ2) is 7.51.